The highest BCUT2D eigenvalue weighted by atomic mass is 19.4. The van der Waals surface area contributed by atoms with E-state index in [1.54, 1.807) is 5.32 Å². The SMILES string of the molecule is CC(=O)CNC(=O)NCC(F)(F)F. The van der Waals surface area contributed by atoms with E-state index in [-0.39, 0.29) is 12.3 Å². The van der Waals surface area contributed by atoms with E-state index in [4.69, 9.17) is 0 Å². The second-order valence-corrected chi connectivity index (χ2v) is 2.35. The van der Waals surface area contributed by atoms with Crippen LogP contribution in [0.15, 0.2) is 0 Å². The van der Waals surface area contributed by atoms with Crippen molar-refractivity contribution in [1.82, 2.24) is 10.6 Å². The van der Waals surface area contributed by atoms with Crippen molar-refractivity contribution in [3.05, 3.63) is 0 Å². The molecule has 2 N–H and O–H groups in total. The summed E-state index contributed by atoms with van der Waals surface area (Å²) >= 11 is 0. The van der Waals surface area contributed by atoms with Gasteiger partial charge in [0, 0.05) is 0 Å². The van der Waals surface area contributed by atoms with Crippen LogP contribution in [0.5, 0.6) is 0 Å². The third kappa shape index (κ3) is 8.64. The van der Waals surface area contributed by atoms with E-state index in [0.717, 1.165) is 0 Å². The van der Waals surface area contributed by atoms with E-state index in [1.807, 2.05) is 5.32 Å². The summed E-state index contributed by atoms with van der Waals surface area (Å²) < 4.78 is 34.5. The fourth-order valence-corrected chi connectivity index (χ4v) is 0.448. The highest BCUT2D eigenvalue weighted by molar-refractivity contribution is 5.83. The van der Waals surface area contributed by atoms with Gasteiger partial charge < -0.3 is 10.6 Å². The molecule has 0 spiro atoms. The minimum atomic E-state index is -4.44. The van der Waals surface area contributed by atoms with Crippen LogP contribution < -0.4 is 10.6 Å². The second kappa shape index (κ2) is 4.68. The fraction of sp³-hybridized carbons (Fsp3) is 0.667. The Morgan fingerprint density at radius 3 is 2.15 bits per heavy atom. The average molecular weight is 198 g/mol. The van der Waals surface area contributed by atoms with Crippen LogP contribution in [0.1, 0.15) is 6.92 Å². The molecule has 0 rings (SSSR count). The monoisotopic (exact) mass is 198 g/mol. The predicted octanol–water partition coefficient (Wildman–Crippen LogP) is 0.437. The molecule has 0 aromatic heterocycles. The van der Waals surface area contributed by atoms with Crippen LogP contribution in [-0.2, 0) is 4.79 Å². The summed E-state index contributed by atoms with van der Waals surface area (Å²) in [5, 5.41) is 3.51. The lowest BCUT2D eigenvalue weighted by Gasteiger charge is -2.08. The molecule has 0 atom stereocenters. The van der Waals surface area contributed by atoms with Gasteiger partial charge in [0.25, 0.3) is 0 Å². The number of ketones is 1. The van der Waals surface area contributed by atoms with E-state index in [0.29, 0.717) is 0 Å². The molecule has 0 unspecified atom stereocenters. The molecule has 0 fully saturated rings. The number of nitrogens with one attached hydrogen (secondary N) is 2. The maximum atomic E-state index is 11.5. The number of halogens is 3. The van der Waals surface area contributed by atoms with E-state index in [1.165, 1.54) is 6.92 Å². The molecule has 4 nitrogen and oxygen atoms in total. The van der Waals surface area contributed by atoms with Gasteiger partial charge >= 0.3 is 12.2 Å². The fourth-order valence-electron chi connectivity index (χ4n) is 0.448. The van der Waals surface area contributed by atoms with Gasteiger partial charge in [-0.15, -0.1) is 0 Å². The first kappa shape index (κ1) is 11.7. The predicted molar refractivity (Wildman–Crippen MR) is 38.1 cm³/mol. The second-order valence-electron chi connectivity index (χ2n) is 2.35. The number of hydrogen-bond donors (Lipinski definition) is 2. The Hall–Kier alpha value is -1.27. The molecular formula is C6H9F3N2O2. The Morgan fingerprint density at radius 1 is 1.23 bits per heavy atom. The molecule has 0 aliphatic carbocycles. The number of hydrogen-bond acceptors (Lipinski definition) is 2. The lowest BCUT2D eigenvalue weighted by molar-refractivity contribution is -0.122. The van der Waals surface area contributed by atoms with Crippen molar-refractivity contribution in [2.75, 3.05) is 13.1 Å². The average Bonchev–Trinajstić information content (AvgIpc) is 1.95. The zero-order valence-electron chi connectivity index (χ0n) is 6.86. The molecule has 0 bridgehead atoms. The first-order valence-electron chi connectivity index (χ1n) is 3.39. The molecule has 0 saturated carbocycles. The lowest BCUT2D eigenvalue weighted by atomic mass is 10.4. The number of carbonyl (C=O) groups excluding carboxylic acids is 2. The van der Waals surface area contributed by atoms with E-state index in [9.17, 15) is 22.8 Å². The van der Waals surface area contributed by atoms with Crippen LogP contribution in [0.25, 0.3) is 0 Å². The lowest BCUT2D eigenvalue weighted by Crippen LogP contribution is -2.42. The number of urea groups is 1. The molecule has 2 amide bonds. The number of alkyl halides is 3. The summed E-state index contributed by atoms with van der Waals surface area (Å²) in [6, 6.07) is -1.01. The van der Waals surface area contributed by atoms with Crippen molar-refractivity contribution in [1.29, 1.82) is 0 Å². The molecule has 0 saturated heterocycles. The van der Waals surface area contributed by atoms with Gasteiger partial charge in [-0.1, -0.05) is 0 Å². The minimum Gasteiger partial charge on any atom is -0.331 e. The molecule has 0 radical (unpaired) electrons. The highest BCUT2D eigenvalue weighted by Crippen LogP contribution is 2.11. The van der Waals surface area contributed by atoms with Crippen LogP contribution in [-0.4, -0.2) is 31.1 Å². The molecule has 7 heteroatoms. The minimum absolute atomic E-state index is 0.274. The molecule has 0 aromatic rings. The van der Waals surface area contributed by atoms with Crippen LogP contribution in [0.2, 0.25) is 0 Å². The largest absolute Gasteiger partial charge is 0.405 e. The molecule has 76 valence electrons. The van der Waals surface area contributed by atoms with Crippen LogP contribution in [0, 0.1) is 0 Å². The normalized spacial score (nSPS) is 10.8. The summed E-state index contributed by atoms with van der Waals surface area (Å²) in [5.74, 6) is -0.331. The Kier molecular flexibility index (Phi) is 4.22. The molecule has 0 aliphatic heterocycles. The van der Waals surface area contributed by atoms with E-state index >= 15 is 0 Å². The maximum absolute atomic E-state index is 11.5. The smallest absolute Gasteiger partial charge is 0.331 e. The van der Waals surface area contributed by atoms with Crippen molar-refractivity contribution in [2.24, 2.45) is 0 Å². The van der Waals surface area contributed by atoms with Gasteiger partial charge in [0.05, 0.1) is 6.54 Å². The first-order valence-corrected chi connectivity index (χ1v) is 3.39. The number of Topliss-reactive ketones (excluding diaryl/α,β-unsaturated/α-hetero) is 1. The van der Waals surface area contributed by atoms with Crippen LogP contribution in [0.3, 0.4) is 0 Å². The zero-order chi connectivity index (χ0) is 10.5. The Labute approximate surface area is 72.5 Å². The van der Waals surface area contributed by atoms with Crippen molar-refractivity contribution in [3.8, 4) is 0 Å². The van der Waals surface area contributed by atoms with Crippen molar-refractivity contribution in [3.63, 3.8) is 0 Å². The quantitative estimate of drug-likeness (QED) is 0.691. The van der Waals surface area contributed by atoms with Gasteiger partial charge in [-0.3, -0.25) is 4.79 Å². The third-order valence-corrected chi connectivity index (χ3v) is 0.947. The Bertz CT molecular complexity index is 203. The van der Waals surface area contributed by atoms with Gasteiger partial charge in [-0.25, -0.2) is 4.79 Å². The number of amides is 2. The molecule has 13 heavy (non-hydrogen) atoms. The van der Waals surface area contributed by atoms with Crippen LogP contribution in [0.4, 0.5) is 18.0 Å². The molecular weight excluding hydrogens is 189 g/mol. The summed E-state index contributed by atoms with van der Waals surface area (Å²) in [4.78, 5) is 20.8. The van der Waals surface area contributed by atoms with Gasteiger partial charge in [0.1, 0.15) is 12.3 Å². The summed E-state index contributed by atoms with van der Waals surface area (Å²) in [7, 11) is 0. The Balaban J connectivity index is 3.58. The van der Waals surface area contributed by atoms with Crippen molar-refractivity contribution >= 4 is 11.8 Å². The van der Waals surface area contributed by atoms with Gasteiger partial charge in [-0.2, -0.15) is 13.2 Å². The Morgan fingerprint density at radius 2 is 1.77 bits per heavy atom. The van der Waals surface area contributed by atoms with Gasteiger partial charge in [0.2, 0.25) is 0 Å². The highest BCUT2D eigenvalue weighted by Gasteiger charge is 2.27. The molecule has 0 aromatic carbocycles. The molecule has 0 aliphatic rings. The van der Waals surface area contributed by atoms with E-state index in [2.05, 4.69) is 0 Å². The standard InChI is InChI=1S/C6H9F3N2O2/c1-4(12)2-10-5(13)11-3-6(7,8)9/h2-3H2,1H3,(H2,10,11,13). The summed E-state index contributed by atoms with van der Waals surface area (Å²) in [6.45, 7) is -0.468. The first-order chi connectivity index (χ1) is 5.81. The topological polar surface area (TPSA) is 58.2 Å². The van der Waals surface area contributed by atoms with E-state index < -0.39 is 18.8 Å². The number of rotatable bonds is 3. The van der Waals surface area contributed by atoms with Crippen molar-refractivity contribution < 1.29 is 22.8 Å². The van der Waals surface area contributed by atoms with Gasteiger partial charge in [-0.05, 0) is 6.92 Å². The van der Waals surface area contributed by atoms with Crippen LogP contribution >= 0.6 is 0 Å². The third-order valence-electron chi connectivity index (χ3n) is 0.947. The van der Waals surface area contributed by atoms with Gasteiger partial charge in [0.15, 0.2) is 0 Å². The zero-order valence-corrected chi connectivity index (χ0v) is 6.86. The van der Waals surface area contributed by atoms with Crippen molar-refractivity contribution in [2.45, 2.75) is 13.1 Å². The molecule has 0 heterocycles. The number of carbonyl (C=O) groups is 2. The summed E-state index contributed by atoms with van der Waals surface area (Å²) in [6.07, 6.45) is -4.44. The maximum Gasteiger partial charge on any atom is 0.405 e. The summed E-state index contributed by atoms with van der Waals surface area (Å²) in [5.41, 5.74) is 0.